The van der Waals surface area contributed by atoms with Crippen LogP contribution in [0.5, 0.6) is 11.5 Å². The van der Waals surface area contributed by atoms with E-state index < -0.39 is 0 Å². The van der Waals surface area contributed by atoms with Gasteiger partial charge in [0, 0.05) is 17.3 Å². The minimum Gasteiger partial charge on any atom is -0.493 e. The van der Waals surface area contributed by atoms with Gasteiger partial charge in [-0.25, -0.2) is 0 Å². The largest absolute Gasteiger partial charge is 0.493 e. The van der Waals surface area contributed by atoms with Crippen LogP contribution in [0.1, 0.15) is 78.6 Å². The lowest BCUT2D eigenvalue weighted by atomic mass is 10.0. The lowest BCUT2D eigenvalue weighted by Gasteiger charge is -2.16. The number of rotatable bonds is 15. The highest BCUT2D eigenvalue weighted by molar-refractivity contribution is 5.75. The Morgan fingerprint density at radius 3 is 2.24 bits per heavy atom. The summed E-state index contributed by atoms with van der Waals surface area (Å²) in [5.74, 6) is 2.30. The molecule has 3 nitrogen and oxygen atoms in total. The Hall–Kier alpha value is -2.03. The third-order valence-corrected chi connectivity index (χ3v) is 5.44. The van der Waals surface area contributed by atoms with E-state index >= 15 is 0 Å². The molecule has 160 valence electrons. The average molecular weight is 398 g/mol. The quantitative estimate of drug-likeness (QED) is 0.289. The molecule has 0 saturated carbocycles. The molecule has 0 aliphatic carbocycles. The summed E-state index contributed by atoms with van der Waals surface area (Å²) in [5.41, 5.74) is 2.13. The summed E-state index contributed by atoms with van der Waals surface area (Å²) in [7, 11) is 0. The zero-order valence-electron chi connectivity index (χ0n) is 18.7. The average Bonchev–Trinajstić information content (AvgIpc) is 2.77. The molecule has 0 bridgehead atoms. The van der Waals surface area contributed by atoms with Crippen LogP contribution in [0.3, 0.4) is 0 Å². The van der Waals surface area contributed by atoms with Gasteiger partial charge in [-0.1, -0.05) is 90.3 Å². The van der Waals surface area contributed by atoms with Crippen LogP contribution in [0.15, 0.2) is 42.7 Å². The molecule has 1 atom stereocenters. The smallest absolute Gasteiger partial charge is 0.145 e. The van der Waals surface area contributed by atoms with E-state index in [1.807, 2.05) is 36.7 Å². The van der Waals surface area contributed by atoms with Crippen molar-refractivity contribution < 1.29 is 9.47 Å². The zero-order valence-corrected chi connectivity index (χ0v) is 18.7. The van der Waals surface area contributed by atoms with E-state index in [-0.39, 0.29) is 0 Å². The van der Waals surface area contributed by atoms with Crippen molar-refractivity contribution in [3.05, 3.63) is 42.7 Å². The molecule has 2 rings (SSSR count). The number of para-hydroxylation sites is 1. The first-order valence-corrected chi connectivity index (χ1v) is 11.5. The fraction of sp³-hybridized carbons (Fsp3) is 0.577. The number of nitrogens with zero attached hydrogens (tertiary/aromatic N) is 1. The van der Waals surface area contributed by atoms with Crippen molar-refractivity contribution in [3.63, 3.8) is 0 Å². The molecule has 0 spiro atoms. The van der Waals surface area contributed by atoms with Gasteiger partial charge in [0.1, 0.15) is 11.5 Å². The maximum atomic E-state index is 6.12. The second-order valence-corrected chi connectivity index (χ2v) is 8.02. The number of ether oxygens (including phenoxy) is 2. The van der Waals surface area contributed by atoms with Crippen LogP contribution >= 0.6 is 0 Å². The van der Waals surface area contributed by atoms with Gasteiger partial charge in [0.05, 0.1) is 19.4 Å². The van der Waals surface area contributed by atoms with Crippen LogP contribution in [0, 0.1) is 5.92 Å². The topological polar surface area (TPSA) is 31.4 Å². The van der Waals surface area contributed by atoms with E-state index in [0.29, 0.717) is 5.92 Å². The summed E-state index contributed by atoms with van der Waals surface area (Å²) in [6.45, 7) is 8.14. The molecule has 0 aliphatic rings. The number of hydrogen-bond donors (Lipinski definition) is 0. The van der Waals surface area contributed by atoms with E-state index in [9.17, 15) is 0 Å². The molecule has 29 heavy (non-hydrogen) atoms. The summed E-state index contributed by atoms with van der Waals surface area (Å²) in [6.07, 6.45) is 15.2. The van der Waals surface area contributed by atoms with Crippen LogP contribution in [0.4, 0.5) is 0 Å². The summed E-state index contributed by atoms with van der Waals surface area (Å²) < 4.78 is 12.2. The molecule has 3 heteroatoms. The maximum Gasteiger partial charge on any atom is 0.145 e. The Morgan fingerprint density at radius 2 is 1.48 bits per heavy atom. The summed E-state index contributed by atoms with van der Waals surface area (Å²) in [4.78, 5) is 4.28. The Bertz CT molecular complexity index is 686. The highest BCUT2D eigenvalue weighted by Crippen LogP contribution is 2.36. The highest BCUT2D eigenvalue weighted by Gasteiger charge is 2.12. The van der Waals surface area contributed by atoms with Crippen LogP contribution in [-0.4, -0.2) is 18.2 Å². The molecule has 2 aromatic rings. The molecule has 0 radical (unpaired) electrons. The monoisotopic (exact) mass is 397 g/mol. The molecule has 1 unspecified atom stereocenters. The van der Waals surface area contributed by atoms with Gasteiger partial charge in [0.25, 0.3) is 0 Å². The third kappa shape index (κ3) is 8.47. The van der Waals surface area contributed by atoms with E-state index in [2.05, 4.69) is 31.8 Å². The normalized spacial score (nSPS) is 12.0. The van der Waals surface area contributed by atoms with Crippen molar-refractivity contribution in [1.82, 2.24) is 4.98 Å². The van der Waals surface area contributed by atoms with Crippen molar-refractivity contribution >= 4 is 0 Å². The Balaban J connectivity index is 1.89. The first-order chi connectivity index (χ1) is 14.3. The number of hydrogen-bond acceptors (Lipinski definition) is 3. The minimum absolute atomic E-state index is 0.540. The molecule has 0 saturated heterocycles. The zero-order chi connectivity index (χ0) is 20.7. The van der Waals surface area contributed by atoms with Crippen LogP contribution in [0.2, 0.25) is 0 Å². The van der Waals surface area contributed by atoms with E-state index in [1.165, 1.54) is 44.9 Å². The fourth-order valence-electron chi connectivity index (χ4n) is 3.30. The van der Waals surface area contributed by atoms with Crippen LogP contribution in [-0.2, 0) is 0 Å². The summed E-state index contributed by atoms with van der Waals surface area (Å²) >= 11 is 0. The van der Waals surface area contributed by atoms with Crippen molar-refractivity contribution in [1.29, 1.82) is 0 Å². The van der Waals surface area contributed by atoms with E-state index in [0.717, 1.165) is 48.7 Å². The fourth-order valence-corrected chi connectivity index (χ4v) is 3.30. The second kappa shape index (κ2) is 14.0. The van der Waals surface area contributed by atoms with E-state index in [4.69, 9.17) is 9.47 Å². The van der Waals surface area contributed by atoms with Gasteiger partial charge in [-0.05, 0) is 24.5 Å². The molecule has 1 aromatic carbocycles. The number of benzene rings is 1. The Kier molecular flexibility index (Phi) is 11.3. The predicted octanol–water partition coefficient (Wildman–Crippen LogP) is 7.69. The number of unbranched alkanes of at least 4 members (excludes halogenated alkanes) is 7. The summed E-state index contributed by atoms with van der Waals surface area (Å²) in [5, 5.41) is 0. The third-order valence-electron chi connectivity index (χ3n) is 5.44. The summed E-state index contributed by atoms with van der Waals surface area (Å²) in [6, 6.07) is 10.2. The first kappa shape index (κ1) is 23.3. The molecule has 1 aromatic heterocycles. The molecule has 0 N–H and O–H groups in total. The molecule has 0 fully saturated rings. The van der Waals surface area contributed by atoms with Crippen molar-refractivity contribution in [2.45, 2.75) is 78.6 Å². The molecule has 0 aliphatic heterocycles. The van der Waals surface area contributed by atoms with Crippen molar-refractivity contribution in [3.8, 4) is 22.6 Å². The SMILES string of the molecule is CCCCCCCCCCOc1cnccc1-c1ccccc1OCC(C)CC. The standard InChI is InChI=1S/C26H39NO2/c1-4-6-7-8-9-10-11-14-19-28-26-20-27-18-17-24(26)23-15-12-13-16-25(23)29-21-22(3)5-2/h12-13,15-18,20,22H,4-11,14,19,21H2,1-3H3. The van der Waals surface area contributed by atoms with Crippen LogP contribution in [0.25, 0.3) is 11.1 Å². The van der Waals surface area contributed by atoms with Gasteiger partial charge in [-0.3, -0.25) is 4.98 Å². The predicted molar refractivity (Wildman–Crippen MR) is 123 cm³/mol. The number of aromatic nitrogens is 1. The lowest BCUT2D eigenvalue weighted by Crippen LogP contribution is -2.08. The van der Waals surface area contributed by atoms with Crippen molar-refractivity contribution in [2.75, 3.05) is 13.2 Å². The molecular formula is C26H39NO2. The minimum atomic E-state index is 0.540. The Labute approximate surface area is 177 Å². The van der Waals surface area contributed by atoms with E-state index in [1.54, 1.807) is 0 Å². The Morgan fingerprint density at radius 1 is 0.793 bits per heavy atom. The molecular weight excluding hydrogens is 358 g/mol. The molecule has 0 amide bonds. The van der Waals surface area contributed by atoms with Gasteiger partial charge < -0.3 is 9.47 Å². The highest BCUT2D eigenvalue weighted by atomic mass is 16.5. The molecule has 1 heterocycles. The van der Waals surface area contributed by atoms with Gasteiger partial charge in [-0.2, -0.15) is 0 Å². The number of pyridine rings is 1. The van der Waals surface area contributed by atoms with Gasteiger partial charge in [0.2, 0.25) is 0 Å². The van der Waals surface area contributed by atoms with Crippen molar-refractivity contribution in [2.24, 2.45) is 5.92 Å². The van der Waals surface area contributed by atoms with Crippen LogP contribution < -0.4 is 9.47 Å². The second-order valence-electron chi connectivity index (χ2n) is 8.02. The van der Waals surface area contributed by atoms with Gasteiger partial charge in [0.15, 0.2) is 0 Å². The lowest BCUT2D eigenvalue weighted by molar-refractivity contribution is 0.257. The van der Waals surface area contributed by atoms with Gasteiger partial charge in [-0.15, -0.1) is 0 Å². The maximum absolute atomic E-state index is 6.12. The van der Waals surface area contributed by atoms with Gasteiger partial charge >= 0.3 is 0 Å². The first-order valence-electron chi connectivity index (χ1n) is 11.5.